The van der Waals surface area contributed by atoms with Crippen molar-refractivity contribution >= 4 is 24.2 Å². The Kier molecular flexibility index (Phi) is 3.43. The van der Waals surface area contributed by atoms with Crippen LogP contribution in [0.4, 0.5) is 0 Å². The molecule has 0 spiro atoms. The third-order valence-electron chi connectivity index (χ3n) is 5.10. The quantitative estimate of drug-likeness (QED) is 0.770. The Bertz CT molecular complexity index is 507. The summed E-state index contributed by atoms with van der Waals surface area (Å²) >= 11 is 6.19. The van der Waals surface area contributed by atoms with Crippen LogP contribution in [0.3, 0.4) is 0 Å². The lowest BCUT2D eigenvalue weighted by Gasteiger charge is -2.32. The second-order valence-electron chi connectivity index (χ2n) is 6.99. The maximum atomic E-state index is 6.19. The summed E-state index contributed by atoms with van der Waals surface area (Å²) in [4.78, 5) is 0. The molecule has 2 aliphatic rings. The van der Waals surface area contributed by atoms with Crippen molar-refractivity contribution in [3.63, 3.8) is 0 Å². The Labute approximate surface area is 126 Å². The topological polar surface area (TPSA) is 18.5 Å². The fourth-order valence-electron chi connectivity index (χ4n) is 2.81. The fraction of sp³-hybridized carbons (Fsp3) is 0.625. The van der Waals surface area contributed by atoms with E-state index in [1.165, 1.54) is 24.8 Å². The Morgan fingerprint density at radius 1 is 1.10 bits per heavy atom. The van der Waals surface area contributed by atoms with Crippen LogP contribution in [0.5, 0.6) is 0 Å². The molecular weight excluding hydrogens is 270 g/mol. The van der Waals surface area contributed by atoms with Crippen molar-refractivity contribution in [2.45, 2.75) is 64.1 Å². The zero-order valence-corrected chi connectivity index (χ0v) is 13.5. The summed E-state index contributed by atoms with van der Waals surface area (Å²) in [5.74, 6) is 0.640. The van der Waals surface area contributed by atoms with Gasteiger partial charge in [-0.15, -0.1) is 0 Å². The van der Waals surface area contributed by atoms with E-state index in [-0.39, 0.29) is 18.3 Å². The predicted octanol–water partition coefficient (Wildman–Crippen LogP) is 3.91. The minimum atomic E-state index is -0.311. The minimum absolute atomic E-state index is 0.309. The van der Waals surface area contributed by atoms with Gasteiger partial charge in [-0.2, -0.15) is 0 Å². The number of hydrogen-bond acceptors (Lipinski definition) is 2. The van der Waals surface area contributed by atoms with Crippen molar-refractivity contribution in [2.75, 3.05) is 0 Å². The molecule has 0 bridgehead atoms. The van der Waals surface area contributed by atoms with Crippen molar-refractivity contribution < 1.29 is 9.31 Å². The molecule has 0 unspecified atom stereocenters. The van der Waals surface area contributed by atoms with E-state index in [9.17, 15) is 0 Å². The molecule has 108 valence electrons. The molecular formula is C16H22BClO2. The van der Waals surface area contributed by atoms with Crippen LogP contribution in [0, 0.1) is 0 Å². The first-order valence-electron chi connectivity index (χ1n) is 7.45. The van der Waals surface area contributed by atoms with Gasteiger partial charge in [0.1, 0.15) is 0 Å². The van der Waals surface area contributed by atoms with E-state index in [2.05, 4.69) is 33.8 Å². The highest BCUT2D eigenvalue weighted by molar-refractivity contribution is 6.63. The van der Waals surface area contributed by atoms with Crippen molar-refractivity contribution in [3.05, 3.63) is 28.8 Å². The average Bonchev–Trinajstić information content (AvgIpc) is 2.48. The molecule has 3 rings (SSSR count). The van der Waals surface area contributed by atoms with E-state index in [0.29, 0.717) is 5.92 Å². The lowest BCUT2D eigenvalue weighted by atomic mass is 9.68. The Morgan fingerprint density at radius 3 is 2.20 bits per heavy atom. The minimum Gasteiger partial charge on any atom is -0.399 e. The van der Waals surface area contributed by atoms with Gasteiger partial charge < -0.3 is 9.31 Å². The van der Waals surface area contributed by atoms with Crippen LogP contribution in [0.1, 0.15) is 58.4 Å². The highest BCUT2D eigenvalue weighted by atomic mass is 35.5. The Morgan fingerprint density at radius 2 is 1.70 bits per heavy atom. The van der Waals surface area contributed by atoms with E-state index in [0.717, 1.165) is 10.5 Å². The first kappa shape index (κ1) is 14.4. The summed E-state index contributed by atoms with van der Waals surface area (Å²) in [6.45, 7) is 8.34. The largest absolute Gasteiger partial charge is 0.495 e. The van der Waals surface area contributed by atoms with Gasteiger partial charge in [0.15, 0.2) is 0 Å². The lowest BCUT2D eigenvalue weighted by molar-refractivity contribution is 0.00578. The van der Waals surface area contributed by atoms with Crippen LogP contribution in [0.15, 0.2) is 18.2 Å². The molecule has 0 aromatic heterocycles. The van der Waals surface area contributed by atoms with Gasteiger partial charge in [-0.05, 0) is 69.6 Å². The van der Waals surface area contributed by atoms with Gasteiger partial charge in [0, 0.05) is 5.02 Å². The third kappa shape index (κ3) is 2.30. The van der Waals surface area contributed by atoms with Gasteiger partial charge in [-0.25, -0.2) is 0 Å². The molecule has 2 nitrogen and oxygen atoms in total. The molecule has 0 atom stereocenters. The van der Waals surface area contributed by atoms with Gasteiger partial charge in [0.2, 0.25) is 0 Å². The molecule has 0 radical (unpaired) electrons. The molecule has 1 aromatic rings. The van der Waals surface area contributed by atoms with Gasteiger partial charge in [0.05, 0.1) is 11.2 Å². The Hall–Kier alpha value is -0.505. The van der Waals surface area contributed by atoms with E-state index >= 15 is 0 Å². The molecule has 1 aliphatic carbocycles. The van der Waals surface area contributed by atoms with Gasteiger partial charge in [0.25, 0.3) is 0 Å². The van der Waals surface area contributed by atoms with E-state index in [1.54, 1.807) is 0 Å². The molecule has 1 saturated carbocycles. The summed E-state index contributed by atoms with van der Waals surface area (Å²) in [6.07, 6.45) is 3.83. The number of hydrogen-bond donors (Lipinski definition) is 0. The van der Waals surface area contributed by atoms with Crippen molar-refractivity contribution in [1.82, 2.24) is 0 Å². The van der Waals surface area contributed by atoms with Crippen LogP contribution in [-0.2, 0) is 9.31 Å². The summed E-state index contributed by atoms with van der Waals surface area (Å²) in [5, 5.41) is 0.748. The third-order valence-corrected chi connectivity index (χ3v) is 5.34. The van der Waals surface area contributed by atoms with E-state index in [1.807, 2.05) is 12.1 Å². The monoisotopic (exact) mass is 292 g/mol. The summed E-state index contributed by atoms with van der Waals surface area (Å²) < 4.78 is 12.4. The Balaban J connectivity index is 1.96. The normalized spacial score (nSPS) is 24.8. The van der Waals surface area contributed by atoms with Crippen LogP contribution < -0.4 is 5.46 Å². The van der Waals surface area contributed by atoms with Crippen LogP contribution in [0.25, 0.3) is 0 Å². The molecule has 1 heterocycles. The van der Waals surface area contributed by atoms with Crippen LogP contribution >= 0.6 is 11.6 Å². The molecule has 2 fully saturated rings. The summed E-state index contributed by atoms with van der Waals surface area (Å²) in [5.41, 5.74) is 1.84. The van der Waals surface area contributed by atoms with Gasteiger partial charge >= 0.3 is 7.12 Å². The smallest absolute Gasteiger partial charge is 0.399 e. The van der Waals surface area contributed by atoms with E-state index < -0.39 is 0 Å². The molecule has 0 N–H and O–H groups in total. The van der Waals surface area contributed by atoms with Crippen molar-refractivity contribution in [1.29, 1.82) is 0 Å². The second-order valence-corrected chi connectivity index (χ2v) is 7.43. The number of benzene rings is 1. The SMILES string of the molecule is CC1(C)OB(c2cc(Cl)ccc2C2CCC2)OC1(C)C. The van der Waals surface area contributed by atoms with E-state index in [4.69, 9.17) is 20.9 Å². The first-order valence-corrected chi connectivity index (χ1v) is 7.83. The molecule has 0 amide bonds. The standard InChI is InChI=1S/C16H22BClO2/c1-15(2)16(3,4)20-17(19-15)14-10-12(18)8-9-13(14)11-6-5-7-11/h8-11H,5-7H2,1-4H3. The highest BCUT2D eigenvalue weighted by Crippen LogP contribution is 2.40. The number of halogens is 1. The first-order chi connectivity index (χ1) is 9.30. The van der Waals surface area contributed by atoms with Crippen molar-refractivity contribution in [2.24, 2.45) is 0 Å². The second kappa shape index (κ2) is 4.76. The molecule has 1 saturated heterocycles. The molecule has 4 heteroatoms. The van der Waals surface area contributed by atoms with Crippen LogP contribution in [0.2, 0.25) is 5.02 Å². The van der Waals surface area contributed by atoms with Gasteiger partial charge in [-0.3, -0.25) is 0 Å². The van der Waals surface area contributed by atoms with Crippen LogP contribution in [-0.4, -0.2) is 18.3 Å². The highest BCUT2D eigenvalue weighted by Gasteiger charge is 2.52. The maximum absolute atomic E-state index is 6.19. The van der Waals surface area contributed by atoms with Crippen molar-refractivity contribution in [3.8, 4) is 0 Å². The zero-order valence-electron chi connectivity index (χ0n) is 12.7. The number of rotatable bonds is 2. The maximum Gasteiger partial charge on any atom is 0.495 e. The zero-order chi connectivity index (χ0) is 14.5. The predicted molar refractivity (Wildman–Crippen MR) is 83.8 cm³/mol. The average molecular weight is 293 g/mol. The lowest BCUT2D eigenvalue weighted by Crippen LogP contribution is -2.41. The molecule has 20 heavy (non-hydrogen) atoms. The molecule has 1 aromatic carbocycles. The molecule has 1 aliphatic heterocycles. The summed E-state index contributed by atoms with van der Waals surface area (Å²) in [6, 6.07) is 6.13. The van der Waals surface area contributed by atoms with Gasteiger partial charge in [-0.1, -0.05) is 24.1 Å². The summed E-state index contributed by atoms with van der Waals surface area (Å²) in [7, 11) is -0.311. The fourth-order valence-corrected chi connectivity index (χ4v) is 2.99.